The highest BCUT2D eigenvalue weighted by Crippen LogP contribution is 2.24. The number of benzene rings is 1. The Balaban J connectivity index is 1.91. The molecule has 0 amide bonds. The molecule has 5 N–H and O–H groups in total. The van der Waals surface area contributed by atoms with Gasteiger partial charge in [-0.05, 0) is 42.8 Å². The number of halogens is 1. The van der Waals surface area contributed by atoms with E-state index in [-0.39, 0.29) is 11.9 Å². The monoisotopic (exact) mass is 377 g/mol. The third kappa shape index (κ3) is 4.88. The maximum Gasteiger partial charge on any atom is 0.150 e. The number of nitrogens with zero attached hydrogens (tertiary/aromatic N) is 3. The van der Waals surface area contributed by atoms with Crippen molar-refractivity contribution in [2.45, 2.75) is 13.0 Å². The van der Waals surface area contributed by atoms with Gasteiger partial charge in [0.1, 0.15) is 23.3 Å². The first kappa shape index (κ1) is 19.0. The number of hydrogen-bond donors (Lipinski definition) is 4. The zero-order valence-electron chi connectivity index (χ0n) is 15.2. The van der Waals surface area contributed by atoms with Gasteiger partial charge in [0.05, 0.1) is 6.20 Å². The molecule has 0 aliphatic heterocycles. The van der Waals surface area contributed by atoms with E-state index in [1.807, 2.05) is 6.92 Å². The molecular weight excluding hydrogens is 357 g/mol. The Morgan fingerprint density at radius 2 is 1.89 bits per heavy atom. The van der Waals surface area contributed by atoms with Crippen molar-refractivity contribution in [1.29, 1.82) is 5.41 Å². The molecule has 0 spiro atoms. The highest BCUT2D eigenvalue weighted by Gasteiger charge is 2.10. The number of allylic oxidation sites excluding steroid dienone is 1. The number of anilines is 3. The van der Waals surface area contributed by atoms with Crippen LogP contribution in [0.4, 0.5) is 21.8 Å². The van der Waals surface area contributed by atoms with Crippen molar-refractivity contribution in [2.24, 2.45) is 5.73 Å². The van der Waals surface area contributed by atoms with Crippen molar-refractivity contribution in [2.75, 3.05) is 10.6 Å². The Labute approximate surface area is 162 Å². The molecule has 3 aromatic rings. The lowest BCUT2D eigenvalue weighted by Gasteiger charge is -2.17. The molecule has 3 rings (SSSR count). The zero-order chi connectivity index (χ0) is 19.9. The van der Waals surface area contributed by atoms with Crippen molar-refractivity contribution >= 4 is 29.4 Å². The molecule has 8 heteroatoms. The van der Waals surface area contributed by atoms with Crippen LogP contribution in [0, 0.1) is 11.2 Å². The Morgan fingerprint density at radius 1 is 1.14 bits per heavy atom. The molecule has 0 saturated carbocycles. The summed E-state index contributed by atoms with van der Waals surface area (Å²) in [5.41, 5.74) is 8.09. The predicted octanol–water partition coefficient (Wildman–Crippen LogP) is 3.88. The van der Waals surface area contributed by atoms with E-state index < -0.39 is 0 Å². The second kappa shape index (κ2) is 8.72. The summed E-state index contributed by atoms with van der Waals surface area (Å²) in [6.45, 7) is 1.95. The minimum Gasteiger partial charge on any atom is -0.398 e. The van der Waals surface area contributed by atoms with Crippen molar-refractivity contribution in [1.82, 2.24) is 15.0 Å². The van der Waals surface area contributed by atoms with Crippen LogP contribution in [-0.4, -0.2) is 21.2 Å². The Bertz CT molecular complexity index is 972. The number of hydrogen-bond acceptors (Lipinski definition) is 7. The van der Waals surface area contributed by atoms with Crippen LogP contribution in [0.1, 0.15) is 24.1 Å². The van der Waals surface area contributed by atoms with E-state index >= 15 is 0 Å². The summed E-state index contributed by atoms with van der Waals surface area (Å²) in [6, 6.07) is 9.72. The lowest BCUT2D eigenvalue weighted by molar-refractivity contribution is 0.626. The van der Waals surface area contributed by atoms with E-state index in [4.69, 9.17) is 11.1 Å². The lowest BCUT2D eigenvalue weighted by Crippen LogP contribution is -2.10. The zero-order valence-corrected chi connectivity index (χ0v) is 15.2. The molecule has 0 unspecified atom stereocenters. The Kier molecular flexibility index (Phi) is 5.91. The normalized spacial score (nSPS) is 12.3. The number of pyridine rings is 1. The highest BCUT2D eigenvalue weighted by molar-refractivity contribution is 5.82. The third-order valence-electron chi connectivity index (χ3n) is 3.98. The van der Waals surface area contributed by atoms with Crippen molar-refractivity contribution in [3.63, 3.8) is 0 Å². The summed E-state index contributed by atoms with van der Waals surface area (Å²) in [4.78, 5) is 12.8. The van der Waals surface area contributed by atoms with E-state index in [2.05, 4.69) is 25.6 Å². The number of nitrogens with two attached hydrogens (primary N) is 1. The topological polar surface area (TPSA) is 113 Å². The average molecular weight is 377 g/mol. The third-order valence-corrected chi connectivity index (χ3v) is 3.98. The number of rotatable bonds is 7. The van der Waals surface area contributed by atoms with Crippen LogP contribution in [-0.2, 0) is 0 Å². The van der Waals surface area contributed by atoms with Gasteiger partial charge in [-0.1, -0.05) is 12.1 Å². The van der Waals surface area contributed by atoms with Gasteiger partial charge in [0, 0.05) is 35.9 Å². The Hall–Kier alpha value is -3.81. The lowest BCUT2D eigenvalue weighted by atomic mass is 10.1. The molecule has 2 heterocycles. The largest absolute Gasteiger partial charge is 0.398 e. The summed E-state index contributed by atoms with van der Waals surface area (Å²) >= 11 is 0. The summed E-state index contributed by atoms with van der Waals surface area (Å²) < 4.78 is 13.2. The van der Waals surface area contributed by atoms with Gasteiger partial charge in [0.25, 0.3) is 0 Å². The highest BCUT2D eigenvalue weighted by atomic mass is 19.1. The van der Waals surface area contributed by atoms with E-state index in [1.54, 1.807) is 42.9 Å². The molecule has 1 atom stereocenters. The van der Waals surface area contributed by atoms with Gasteiger partial charge in [-0.15, -0.1) is 0 Å². The maximum atomic E-state index is 13.2. The minimum atomic E-state index is -0.281. The van der Waals surface area contributed by atoms with Crippen LogP contribution in [0.3, 0.4) is 0 Å². The van der Waals surface area contributed by atoms with Gasteiger partial charge >= 0.3 is 0 Å². The molecule has 0 radical (unpaired) electrons. The van der Waals surface area contributed by atoms with Crippen molar-refractivity contribution < 1.29 is 4.39 Å². The second-order valence-corrected chi connectivity index (χ2v) is 6.05. The fraction of sp³-hybridized carbons (Fsp3) is 0.100. The summed E-state index contributed by atoms with van der Waals surface area (Å²) in [5.74, 6) is 1.35. The van der Waals surface area contributed by atoms with E-state index in [1.165, 1.54) is 18.2 Å². The standard InChI is InChI=1S/C20H20FN7/c1-13(14-2-4-16(21)5-3-14)26-18-10-15(17(23)6-7-22)11-19(27-18)28-20-12-24-8-9-25-20/h2-13,22H,23H2,1H3,(H2,25,26,27,28)/t13-/m0/s1. The first-order valence-corrected chi connectivity index (χ1v) is 8.59. The van der Waals surface area contributed by atoms with Crippen LogP contribution in [0.5, 0.6) is 0 Å². The molecule has 0 bridgehead atoms. The fourth-order valence-electron chi connectivity index (χ4n) is 2.57. The number of nitrogens with one attached hydrogen (secondary N) is 3. The molecule has 142 valence electrons. The quantitative estimate of drug-likeness (QED) is 0.465. The van der Waals surface area contributed by atoms with Gasteiger partial charge in [0.2, 0.25) is 0 Å². The molecule has 0 aliphatic carbocycles. The van der Waals surface area contributed by atoms with E-state index in [9.17, 15) is 4.39 Å². The van der Waals surface area contributed by atoms with E-state index in [0.29, 0.717) is 28.7 Å². The van der Waals surface area contributed by atoms with Crippen molar-refractivity contribution in [3.05, 3.63) is 78.0 Å². The molecule has 0 fully saturated rings. The smallest absolute Gasteiger partial charge is 0.150 e. The summed E-state index contributed by atoms with van der Waals surface area (Å²) in [5, 5.41) is 13.6. The van der Waals surface area contributed by atoms with Gasteiger partial charge in [-0.3, -0.25) is 4.98 Å². The molecule has 28 heavy (non-hydrogen) atoms. The van der Waals surface area contributed by atoms with Crippen LogP contribution in [0.15, 0.2) is 61.1 Å². The first-order chi connectivity index (χ1) is 13.5. The van der Waals surface area contributed by atoms with Crippen LogP contribution in [0.25, 0.3) is 5.70 Å². The molecule has 2 aromatic heterocycles. The molecule has 7 nitrogen and oxygen atoms in total. The summed E-state index contributed by atoms with van der Waals surface area (Å²) in [6.07, 6.45) is 7.36. The Morgan fingerprint density at radius 3 is 2.57 bits per heavy atom. The van der Waals surface area contributed by atoms with Gasteiger partial charge in [-0.25, -0.2) is 14.4 Å². The van der Waals surface area contributed by atoms with Gasteiger partial charge in [-0.2, -0.15) is 0 Å². The van der Waals surface area contributed by atoms with Crippen molar-refractivity contribution in [3.8, 4) is 0 Å². The average Bonchev–Trinajstić information content (AvgIpc) is 2.69. The van der Waals surface area contributed by atoms with Crippen LogP contribution >= 0.6 is 0 Å². The van der Waals surface area contributed by atoms with Gasteiger partial charge in [0.15, 0.2) is 0 Å². The fourth-order valence-corrected chi connectivity index (χ4v) is 2.57. The molecule has 0 saturated heterocycles. The number of aromatic nitrogens is 3. The molecule has 1 aromatic carbocycles. The second-order valence-electron chi connectivity index (χ2n) is 6.05. The molecule has 0 aliphatic rings. The summed E-state index contributed by atoms with van der Waals surface area (Å²) in [7, 11) is 0. The predicted molar refractivity (Wildman–Crippen MR) is 109 cm³/mol. The van der Waals surface area contributed by atoms with Gasteiger partial charge < -0.3 is 21.8 Å². The maximum absolute atomic E-state index is 13.2. The van der Waals surface area contributed by atoms with Crippen LogP contribution < -0.4 is 16.4 Å². The van der Waals surface area contributed by atoms with Crippen LogP contribution in [0.2, 0.25) is 0 Å². The first-order valence-electron chi connectivity index (χ1n) is 8.59. The SMILES string of the molecule is C[C@H](Nc1cc(C(N)=CC=N)cc(Nc2cnccn2)n1)c1ccc(F)cc1. The molecular formula is C20H20FN7. The minimum absolute atomic E-state index is 0.111. The van der Waals surface area contributed by atoms with E-state index in [0.717, 1.165) is 11.8 Å².